The number of halogens is 1. The van der Waals surface area contributed by atoms with Gasteiger partial charge in [-0.25, -0.2) is 0 Å². The van der Waals surface area contributed by atoms with Gasteiger partial charge in [-0.15, -0.1) is 24.0 Å². The van der Waals surface area contributed by atoms with E-state index in [0.717, 1.165) is 31.2 Å². The molecular formula is C17H27IN4O. The summed E-state index contributed by atoms with van der Waals surface area (Å²) < 4.78 is 0. The molecular weight excluding hydrogens is 403 g/mol. The fourth-order valence-electron chi connectivity index (χ4n) is 3.49. The molecule has 1 aromatic heterocycles. The molecule has 1 aliphatic carbocycles. The Bertz CT molecular complexity index is 519. The summed E-state index contributed by atoms with van der Waals surface area (Å²) in [5.74, 6) is 0.944. The van der Waals surface area contributed by atoms with Crippen molar-refractivity contribution in [1.29, 1.82) is 0 Å². The van der Waals surface area contributed by atoms with Crippen LogP contribution in [0.1, 0.15) is 44.3 Å². The van der Waals surface area contributed by atoms with E-state index >= 15 is 0 Å². The highest BCUT2D eigenvalue weighted by Crippen LogP contribution is 2.47. The summed E-state index contributed by atoms with van der Waals surface area (Å²) >= 11 is 0. The summed E-state index contributed by atoms with van der Waals surface area (Å²) in [5, 5.41) is 13.6. The quantitative estimate of drug-likeness (QED) is 0.438. The topological polar surface area (TPSA) is 60.8 Å². The molecule has 0 radical (unpaired) electrons. The highest BCUT2D eigenvalue weighted by molar-refractivity contribution is 14.0. The lowest BCUT2D eigenvalue weighted by molar-refractivity contribution is 0.151. The fraction of sp³-hybridized carbons (Fsp3) is 0.647. The highest BCUT2D eigenvalue weighted by atomic mass is 127. The van der Waals surface area contributed by atoms with E-state index in [9.17, 15) is 5.11 Å². The molecule has 1 saturated carbocycles. The molecule has 0 bridgehead atoms. The summed E-state index contributed by atoms with van der Waals surface area (Å²) in [6.07, 6.45) is 8.22. The van der Waals surface area contributed by atoms with Gasteiger partial charge in [0.25, 0.3) is 0 Å². The number of nitrogens with zero attached hydrogens (tertiary/aromatic N) is 3. The molecule has 1 atom stereocenters. The van der Waals surface area contributed by atoms with Crippen molar-refractivity contribution in [1.82, 2.24) is 15.2 Å². The zero-order valence-electron chi connectivity index (χ0n) is 13.7. The van der Waals surface area contributed by atoms with Gasteiger partial charge in [0.05, 0.1) is 12.6 Å². The summed E-state index contributed by atoms with van der Waals surface area (Å²) in [4.78, 5) is 11.0. The van der Waals surface area contributed by atoms with E-state index < -0.39 is 6.10 Å². The van der Waals surface area contributed by atoms with Crippen LogP contribution in [0.25, 0.3) is 0 Å². The normalized spacial score (nSPS) is 20.8. The Kier molecular flexibility index (Phi) is 6.64. The van der Waals surface area contributed by atoms with Crippen LogP contribution >= 0.6 is 24.0 Å². The third-order valence-electron chi connectivity index (χ3n) is 4.99. The minimum atomic E-state index is -0.572. The van der Waals surface area contributed by atoms with E-state index in [2.05, 4.69) is 27.1 Å². The number of likely N-dealkylation sites (tertiary alicyclic amines) is 1. The van der Waals surface area contributed by atoms with Crippen LogP contribution in [-0.2, 0) is 0 Å². The molecule has 1 spiro atoms. The predicted molar refractivity (Wildman–Crippen MR) is 103 cm³/mol. The molecule has 1 aliphatic heterocycles. The van der Waals surface area contributed by atoms with E-state index in [0.29, 0.717) is 12.0 Å². The maximum atomic E-state index is 10.3. The Morgan fingerprint density at radius 1 is 1.39 bits per heavy atom. The van der Waals surface area contributed by atoms with Gasteiger partial charge in [0, 0.05) is 32.0 Å². The number of aliphatic hydroxyl groups excluding tert-OH is 1. The van der Waals surface area contributed by atoms with Gasteiger partial charge in [0.15, 0.2) is 5.96 Å². The number of hydrogen-bond donors (Lipinski definition) is 2. The highest BCUT2D eigenvalue weighted by Gasteiger charge is 2.43. The first-order valence-corrected chi connectivity index (χ1v) is 8.34. The van der Waals surface area contributed by atoms with E-state index in [1.165, 1.54) is 25.7 Å². The molecule has 128 valence electrons. The number of rotatable bonds is 4. The van der Waals surface area contributed by atoms with Crippen LogP contribution in [0.3, 0.4) is 0 Å². The van der Waals surface area contributed by atoms with Gasteiger partial charge in [0.2, 0.25) is 0 Å². The van der Waals surface area contributed by atoms with Crippen molar-refractivity contribution >= 4 is 29.9 Å². The second kappa shape index (κ2) is 8.28. The van der Waals surface area contributed by atoms with E-state index in [1.807, 2.05) is 12.1 Å². The zero-order chi connectivity index (χ0) is 15.4. The maximum Gasteiger partial charge on any atom is 0.194 e. The summed E-state index contributed by atoms with van der Waals surface area (Å²) in [6, 6.07) is 3.68. The predicted octanol–water partition coefficient (Wildman–Crippen LogP) is 2.57. The smallest absolute Gasteiger partial charge is 0.194 e. The Morgan fingerprint density at radius 3 is 2.70 bits per heavy atom. The number of hydrogen-bond acceptors (Lipinski definition) is 3. The molecule has 2 aliphatic rings. The van der Waals surface area contributed by atoms with Crippen molar-refractivity contribution in [3.8, 4) is 0 Å². The van der Waals surface area contributed by atoms with E-state index in [1.54, 1.807) is 12.4 Å². The van der Waals surface area contributed by atoms with Crippen LogP contribution in [0.4, 0.5) is 0 Å². The van der Waals surface area contributed by atoms with Crippen LogP contribution in [-0.4, -0.2) is 47.1 Å². The van der Waals surface area contributed by atoms with Crippen molar-refractivity contribution in [2.24, 2.45) is 10.4 Å². The van der Waals surface area contributed by atoms with Gasteiger partial charge >= 0.3 is 0 Å². The van der Waals surface area contributed by atoms with Crippen molar-refractivity contribution in [2.45, 2.75) is 38.7 Å². The molecule has 6 heteroatoms. The molecule has 1 saturated heterocycles. The van der Waals surface area contributed by atoms with Crippen LogP contribution in [0.2, 0.25) is 0 Å². The molecule has 0 aromatic carbocycles. The lowest BCUT2D eigenvalue weighted by Crippen LogP contribution is -2.42. The zero-order valence-corrected chi connectivity index (χ0v) is 16.1. The fourth-order valence-corrected chi connectivity index (χ4v) is 3.49. The van der Waals surface area contributed by atoms with Crippen molar-refractivity contribution in [2.75, 3.05) is 26.2 Å². The summed E-state index contributed by atoms with van der Waals surface area (Å²) in [7, 11) is 0. The molecule has 1 unspecified atom stereocenters. The van der Waals surface area contributed by atoms with Crippen LogP contribution in [0, 0.1) is 5.41 Å². The van der Waals surface area contributed by atoms with Crippen molar-refractivity contribution < 1.29 is 5.11 Å². The average molecular weight is 430 g/mol. The van der Waals surface area contributed by atoms with Crippen LogP contribution in [0.15, 0.2) is 29.5 Å². The van der Waals surface area contributed by atoms with Crippen LogP contribution < -0.4 is 5.32 Å². The Labute approximate surface area is 155 Å². The molecule has 2 heterocycles. The minimum absolute atomic E-state index is 0. The first kappa shape index (κ1) is 18.4. The van der Waals surface area contributed by atoms with Crippen molar-refractivity contribution in [3.05, 3.63) is 30.1 Å². The van der Waals surface area contributed by atoms with Gasteiger partial charge in [-0.05, 0) is 49.3 Å². The Morgan fingerprint density at radius 2 is 2.13 bits per heavy atom. The first-order chi connectivity index (χ1) is 10.7. The summed E-state index contributed by atoms with van der Waals surface area (Å²) in [6.45, 7) is 5.52. The number of aromatic nitrogens is 1. The van der Waals surface area contributed by atoms with Gasteiger partial charge in [-0.2, -0.15) is 0 Å². The van der Waals surface area contributed by atoms with Gasteiger partial charge in [-0.1, -0.05) is 6.42 Å². The Balaban J connectivity index is 0.00000192. The molecule has 2 fully saturated rings. The van der Waals surface area contributed by atoms with Gasteiger partial charge in [0.1, 0.15) is 0 Å². The maximum absolute atomic E-state index is 10.3. The average Bonchev–Trinajstić information content (AvgIpc) is 2.98. The molecule has 23 heavy (non-hydrogen) atoms. The molecule has 1 aromatic rings. The summed E-state index contributed by atoms with van der Waals surface area (Å²) in [5.41, 5.74) is 1.42. The number of pyridine rings is 1. The number of nitrogens with one attached hydrogen (secondary N) is 1. The molecule has 0 amide bonds. The second-order valence-electron chi connectivity index (χ2n) is 6.52. The van der Waals surface area contributed by atoms with Crippen LogP contribution in [0.5, 0.6) is 0 Å². The number of guanidine groups is 1. The SMILES string of the molecule is CCNC(=NCC(O)c1ccncc1)N1CCC2(CCC2)C1.I. The van der Waals surface area contributed by atoms with Gasteiger partial charge < -0.3 is 15.3 Å². The number of aliphatic imine (C=N–C) groups is 1. The number of aliphatic hydroxyl groups is 1. The molecule has 2 N–H and O–H groups in total. The molecule has 3 rings (SSSR count). The molecule has 5 nitrogen and oxygen atoms in total. The standard InChI is InChI=1S/C17H26N4O.HI/c1-2-19-16(21-11-8-17(13-21)6-3-7-17)20-12-15(22)14-4-9-18-10-5-14;/h4-5,9-10,15,22H,2-3,6-8,11-13H2,1H3,(H,19,20);1H. The van der Waals surface area contributed by atoms with Crippen molar-refractivity contribution in [3.63, 3.8) is 0 Å². The van der Waals surface area contributed by atoms with E-state index in [4.69, 9.17) is 0 Å². The lowest BCUT2D eigenvalue weighted by Gasteiger charge is -2.38. The minimum Gasteiger partial charge on any atom is -0.386 e. The monoisotopic (exact) mass is 430 g/mol. The largest absolute Gasteiger partial charge is 0.386 e. The second-order valence-corrected chi connectivity index (χ2v) is 6.52. The third-order valence-corrected chi connectivity index (χ3v) is 4.99. The first-order valence-electron chi connectivity index (χ1n) is 8.34. The lowest BCUT2D eigenvalue weighted by atomic mass is 9.68. The Hall–Kier alpha value is -0.890. The van der Waals surface area contributed by atoms with E-state index in [-0.39, 0.29) is 24.0 Å². The third kappa shape index (κ3) is 4.35. The van der Waals surface area contributed by atoms with Gasteiger partial charge in [-0.3, -0.25) is 9.98 Å².